The van der Waals surface area contributed by atoms with E-state index < -0.39 is 0 Å². The maximum Gasteiger partial charge on any atom is 0.255 e. The molecule has 0 saturated heterocycles. The molecule has 0 atom stereocenters. The lowest BCUT2D eigenvalue weighted by Gasteiger charge is -2.06. The summed E-state index contributed by atoms with van der Waals surface area (Å²) < 4.78 is 0. The highest BCUT2D eigenvalue weighted by molar-refractivity contribution is 7.98. The molecule has 0 spiro atoms. The normalized spacial score (nSPS) is 10.1. The van der Waals surface area contributed by atoms with Gasteiger partial charge in [0.1, 0.15) is 5.75 Å². The Balaban J connectivity index is 2.11. The molecule has 0 saturated carbocycles. The molecule has 0 heterocycles. The van der Waals surface area contributed by atoms with Crippen molar-refractivity contribution in [3.63, 3.8) is 0 Å². The van der Waals surface area contributed by atoms with Gasteiger partial charge in [0.25, 0.3) is 5.91 Å². The van der Waals surface area contributed by atoms with Crippen molar-refractivity contribution in [3.8, 4) is 5.75 Å². The maximum absolute atomic E-state index is 11.9. The first kappa shape index (κ1) is 12.5. The zero-order chi connectivity index (χ0) is 13.0. The molecule has 4 heteroatoms. The highest BCUT2D eigenvalue weighted by Crippen LogP contribution is 2.18. The van der Waals surface area contributed by atoms with Crippen LogP contribution in [0.5, 0.6) is 5.75 Å². The number of aromatic hydroxyl groups is 1. The fourth-order valence-electron chi connectivity index (χ4n) is 1.52. The molecule has 0 radical (unpaired) electrons. The number of benzene rings is 2. The van der Waals surface area contributed by atoms with Crippen molar-refractivity contribution in [3.05, 3.63) is 54.1 Å². The van der Waals surface area contributed by atoms with E-state index in [4.69, 9.17) is 0 Å². The number of hydrogen-bond acceptors (Lipinski definition) is 3. The fourth-order valence-corrected chi connectivity index (χ4v) is 1.93. The van der Waals surface area contributed by atoms with Crippen LogP contribution in [-0.2, 0) is 0 Å². The maximum atomic E-state index is 11.9. The summed E-state index contributed by atoms with van der Waals surface area (Å²) in [4.78, 5) is 13.0. The van der Waals surface area contributed by atoms with Crippen LogP contribution in [0.4, 0.5) is 5.69 Å². The van der Waals surface area contributed by atoms with Gasteiger partial charge in [-0.15, -0.1) is 11.8 Å². The molecule has 18 heavy (non-hydrogen) atoms. The number of anilines is 1. The Morgan fingerprint density at radius 1 is 1.17 bits per heavy atom. The van der Waals surface area contributed by atoms with Gasteiger partial charge in [0.15, 0.2) is 0 Å². The molecular weight excluding hydrogens is 246 g/mol. The summed E-state index contributed by atoms with van der Waals surface area (Å²) in [5.41, 5.74) is 1.17. The minimum atomic E-state index is -0.234. The molecule has 0 aromatic heterocycles. The second-order valence-electron chi connectivity index (χ2n) is 3.73. The van der Waals surface area contributed by atoms with E-state index in [0.717, 1.165) is 10.6 Å². The first-order valence-electron chi connectivity index (χ1n) is 5.43. The van der Waals surface area contributed by atoms with Crippen LogP contribution in [0.25, 0.3) is 0 Å². The number of thioether (sulfide) groups is 1. The fraction of sp³-hybridized carbons (Fsp3) is 0.0714. The van der Waals surface area contributed by atoms with Crippen molar-refractivity contribution in [2.45, 2.75) is 4.90 Å². The number of phenols is 1. The topological polar surface area (TPSA) is 49.3 Å². The van der Waals surface area contributed by atoms with Gasteiger partial charge >= 0.3 is 0 Å². The summed E-state index contributed by atoms with van der Waals surface area (Å²) >= 11 is 1.65. The predicted molar refractivity (Wildman–Crippen MR) is 74.3 cm³/mol. The molecule has 1 amide bonds. The van der Waals surface area contributed by atoms with Crippen LogP contribution in [0.2, 0.25) is 0 Å². The Morgan fingerprint density at radius 2 is 1.89 bits per heavy atom. The van der Waals surface area contributed by atoms with Crippen LogP contribution >= 0.6 is 11.8 Å². The molecule has 2 N–H and O–H groups in total. The van der Waals surface area contributed by atoms with E-state index in [2.05, 4.69) is 5.32 Å². The average Bonchev–Trinajstić information content (AvgIpc) is 2.39. The van der Waals surface area contributed by atoms with Gasteiger partial charge < -0.3 is 10.4 Å². The molecule has 0 aliphatic heterocycles. The summed E-state index contributed by atoms with van der Waals surface area (Å²) in [6.45, 7) is 0. The second kappa shape index (κ2) is 5.60. The summed E-state index contributed by atoms with van der Waals surface area (Å²) in [7, 11) is 0. The molecule has 0 aliphatic rings. The monoisotopic (exact) mass is 259 g/mol. The zero-order valence-corrected chi connectivity index (χ0v) is 10.7. The third-order valence-corrected chi connectivity index (χ3v) is 3.20. The molecule has 2 rings (SSSR count). The van der Waals surface area contributed by atoms with Crippen molar-refractivity contribution in [1.29, 1.82) is 0 Å². The number of rotatable bonds is 3. The van der Waals surface area contributed by atoms with Gasteiger partial charge in [-0.05, 0) is 48.7 Å². The summed E-state index contributed by atoms with van der Waals surface area (Å²) in [6, 6.07) is 13.9. The van der Waals surface area contributed by atoms with E-state index in [1.807, 2.05) is 30.5 Å². The average molecular weight is 259 g/mol. The number of nitrogens with one attached hydrogen (secondary N) is 1. The Morgan fingerprint density at radius 3 is 2.50 bits per heavy atom. The molecule has 2 aromatic rings. The molecule has 3 nitrogen and oxygen atoms in total. The second-order valence-corrected chi connectivity index (χ2v) is 4.61. The first-order valence-corrected chi connectivity index (χ1v) is 6.66. The van der Waals surface area contributed by atoms with Crippen LogP contribution < -0.4 is 5.32 Å². The van der Waals surface area contributed by atoms with Gasteiger partial charge in [-0.25, -0.2) is 0 Å². The van der Waals surface area contributed by atoms with Crippen molar-refractivity contribution in [2.75, 3.05) is 11.6 Å². The van der Waals surface area contributed by atoms with E-state index in [1.54, 1.807) is 23.9 Å². The highest BCUT2D eigenvalue weighted by Gasteiger charge is 2.06. The minimum Gasteiger partial charge on any atom is -0.508 e. The number of hydrogen-bond donors (Lipinski definition) is 2. The standard InChI is InChI=1S/C14H13NO2S/c1-18-13-7-5-11(6-8-13)15-14(17)10-3-2-4-12(16)9-10/h2-9,16H,1H3,(H,15,17). The Labute approximate surface area is 110 Å². The van der Waals surface area contributed by atoms with Gasteiger partial charge in [-0.1, -0.05) is 6.07 Å². The van der Waals surface area contributed by atoms with E-state index >= 15 is 0 Å². The molecule has 0 aliphatic carbocycles. The van der Waals surface area contributed by atoms with Crippen molar-refractivity contribution >= 4 is 23.4 Å². The highest BCUT2D eigenvalue weighted by atomic mass is 32.2. The molecule has 0 unspecified atom stereocenters. The summed E-state index contributed by atoms with van der Waals surface area (Å²) in [6.07, 6.45) is 2.00. The third kappa shape index (κ3) is 3.05. The van der Waals surface area contributed by atoms with Crippen LogP contribution in [0, 0.1) is 0 Å². The smallest absolute Gasteiger partial charge is 0.255 e. The van der Waals surface area contributed by atoms with Gasteiger partial charge in [0, 0.05) is 16.1 Å². The number of carbonyl (C=O) groups is 1. The Hall–Kier alpha value is -1.94. The first-order chi connectivity index (χ1) is 8.69. The van der Waals surface area contributed by atoms with E-state index in [0.29, 0.717) is 5.56 Å². The molecule has 2 aromatic carbocycles. The Bertz CT molecular complexity index is 552. The van der Waals surface area contributed by atoms with Gasteiger partial charge in [-0.2, -0.15) is 0 Å². The number of phenolic OH excluding ortho intramolecular Hbond substituents is 1. The number of amides is 1. The van der Waals surface area contributed by atoms with Crippen LogP contribution in [0.3, 0.4) is 0 Å². The lowest BCUT2D eigenvalue weighted by Crippen LogP contribution is -2.11. The van der Waals surface area contributed by atoms with Gasteiger partial charge in [-0.3, -0.25) is 4.79 Å². The lowest BCUT2D eigenvalue weighted by atomic mass is 10.2. The lowest BCUT2D eigenvalue weighted by molar-refractivity contribution is 0.102. The molecule has 0 bridgehead atoms. The SMILES string of the molecule is CSc1ccc(NC(=O)c2cccc(O)c2)cc1. The quantitative estimate of drug-likeness (QED) is 0.831. The van der Waals surface area contributed by atoms with Gasteiger partial charge in [0.2, 0.25) is 0 Å². The van der Waals surface area contributed by atoms with Crippen LogP contribution in [0.15, 0.2) is 53.4 Å². The van der Waals surface area contributed by atoms with Crippen LogP contribution in [-0.4, -0.2) is 17.3 Å². The van der Waals surface area contributed by atoms with E-state index in [-0.39, 0.29) is 11.7 Å². The zero-order valence-electron chi connectivity index (χ0n) is 9.88. The van der Waals surface area contributed by atoms with Crippen molar-refractivity contribution in [2.24, 2.45) is 0 Å². The third-order valence-electron chi connectivity index (χ3n) is 2.46. The Kier molecular flexibility index (Phi) is 3.89. The molecule has 92 valence electrons. The van der Waals surface area contributed by atoms with Crippen molar-refractivity contribution < 1.29 is 9.90 Å². The molecular formula is C14H13NO2S. The largest absolute Gasteiger partial charge is 0.508 e. The van der Waals surface area contributed by atoms with E-state index in [9.17, 15) is 9.90 Å². The van der Waals surface area contributed by atoms with Crippen LogP contribution in [0.1, 0.15) is 10.4 Å². The predicted octanol–water partition coefficient (Wildman–Crippen LogP) is 3.37. The van der Waals surface area contributed by atoms with Gasteiger partial charge in [0.05, 0.1) is 0 Å². The minimum absolute atomic E-state index is 0.0837. The summed E-state index contributed by atoms with van der Waals surface area (Å²) in [5, 5.41) is 12.1. The molecule has 0 fully saturated rings. The van der Waals surface area contributed by atoms with E-state index in [1.165, 1.54) is 12.1 Å². The van der Waals surface area contributed by atoms with Crippen molar-refractivity contribution in [1.82, 2.24) is 0 Å². The summed E-state index contributed by atoms with van der Waals surface area (Å²) in [5.74, 6) is -0.150. The number of carbonyl (C=O) groups excluding carboxylic acids is 1.